The molecule has 0 aliphatic carbocycles. The summed E-state index contributed by atoms with van der Waals surface area (Å²) in [7, 11) is 0. The number of nitrogen functional groups attached to an aromatic ring is 1. The summed E-state index contributed by atoms with van der Waals surface area (Å²) in [5.74, 6) is 1.21. The highest BCUT2D eigenvalue weighted by Crippen LogP contribution is 2.33. The van der Waals surface area contributed by atoms with Crippen LogP contribution in [-0.4, -0.2) is 33.9 Å². The number of anilines is 3. The maximum atomic E-state index is 12.6. The largest absolute Gasteiger partial charge is 0.486 e. The molecular formula is C17H15N5O3. The predicted molar refractivity (Wildman–Crippen MR) is 91.3 cm³/mol. The van der Waals surface area contributed by atoms with Gasteiger partial charge in [-0.25, -0.2) is 0 Å². The molecule has 1 aliphatic heterocycles. The highest BCUT2D eigenvalue weighted by Gasteiger charge is 2.18. The Morgan fingerprint density at radius 1 is 1.08 bits per heavy atom. The Kier molecular flexibility index (Phi) is 3.70. The van der Waals surface area contributed by atoms with Crippen molar-refractivity contribution in [3.8, 4) is 11.5 Å². The first kappa shape index (κ1) is 15.0. The Morgan fingerprint density at radius 2 is 1.84 bits per heavy atom. The van der Waals surface area contributed by atoms with Crippen molar-refractivity contribution < 1.29 is 14.3 Å². The number of nitrogens with two attached hydrogens (primary N) is 1. The second kappa shape index (κ2) is 6.16. The zero-order chi connectivity index (χ0) is 17.2. The monoisotopic (exact) mass is 337 g/mol. The van der Waals surface area contributed by atoms with Gasteiger partial charge in [0.2, 0.25) is 11.9 Å². The fourth-order valence-corrected chi connectivity index (χ4v) is 2.50. The molecule has 0 amide bonds. The number of hydrogen-bond donors (Lipinski definition) is 2. The van der Waals surface area contributed by atoms with Crippen LogP contribution in [0.2, 0.25) is 0 Å². The molecule has 126 valence electrons. The topological polar surface area (TPSA) is 104 Å². The first-order valence-electron chi connectivity index (χ1n) is 7.70. The Hall–Kier alpha value is -3.55. The minimum atomic E-state index is -0.329. The lowest BCUT2D eigenvalue weighted by Crippen LogP contribution is -2.17. The third-order valence-electron chi connectivity index (χ3n) is 3.63. The van der Waals surface area contributed by atoms with E-state index >= 15 is 0 Å². The summed E-state index contributed by atoms with van der Waals surface area (Å²) < 4.78 is 12.2. The highest BCUT2D eigenvalue weighted by molar-refractivity contribution is 5.97. The highest BCUT2D eigenvalue weighted by atomic mass is 16.6. The van der Waals surface area contributed by atoms with E-state index in [0.29, 0.717) is 36.0 Å². The normalized spacial score (nSPS) is 12.6. The summed E-state index contributed by atoms with van der Waals surface area (Å²) in [5.41, 5.74) is 6.84. The summed E-state index contributed by atoms with van der Waals surface area (Å²) in [6.45, 7) is 1.02. The second-order valence-electron chi connectivity index (χ2n) is 5.36. The fraction of sp³-hybridized carbons (Fsp3) is 0.118. The molecule has 8 nitrogen and oxygen atoms in total. The molecule has 8 heteroatoms. The van der Waals surface area contributed by atoms with Crippen LogP contribution in [0.3, 0.4) is 0 Å². The molecule has 3 N–H and O–H groups in total. The first-order valence-corrected chi connectivity index (χ1v) is 7.70. The molecule has 0 saturated heterocycles. The van der Waals surface area contributed by atoms with E-state index in [1.54, 1.807) is 42.5 Å². The van der Waals surface area contributed by atoms with E-state index in [-0.39, 0.29) is 17.8 Å². The van der Waals surface area contributed by atoms with Crippen LogP contribution in [0.1, 0.15) is 10.4 Å². The maximum Gasteiger partial charge on any atom is 0.281 e. The number of aromatic nitrogens is 3. The van der Waals surface area contributed by atoms with Crippen molar-refractivity contribution in [2.24, 2.45) is 0 Å². The van der Waals surface area contributed by atoms with E-state index in [2.05, 4.69) is 15.4 Å². The van der Waals surface area contributed by atoms with Crippen LogP contribution >= 0.6 is 0 Å². The van der Waals surface area contributed by atoms with Gasteiger partial charge in [0, 0.05) is 17.3 Å². The molecule has 0 unspecified atom stereocenters. The number of carbonyl (C=O) groups excluding carboxylic acids is 1. The van der Waals surface area contributed by atoms with Crippen molar-refractivity contribution in [3.05, 3.63) is 54.1 Å². The van der Waals surface area contributed by atoms with E-state index < -0.39 is 0 Å². The van der Waals surface area contributed by atoms with Gasteiger partial charge in [0.05, 0.1) is 0 Å². The van der Waals surface area contributed by atoms with Gasteiger partial charge in [-0.1, -0.05) is 18.2 Å². The summed E-state index contributed by atoms with van der Waals surface area (Å²) in [4.78, 5) is 16.7. The molecule has 25 heavy (non-hydrogen) atoms. The SMILES string of the molecule is Nc1nc(Nc2ccc3c(c2)OCCO3)n(C(=O)c2ccccc2)n1. The number of benzene rings is 2. The standard InChI is InChI=1S/C17H15N5O3/c18-16-20-17(22(21-16)15(23)11-4-2-1-3-5-11)19-12-6-7-13-14(10-12)25-9-8-24-13/h1-7,10H,8-9H2,(H3,18,19,20,21). The molecule has 1 aromatic heterocycles. The van der Waals surface area contributed by atoms with Gasteiger partial charge in [0.1, 0.15) is 13.2 Å². The number of rotatable bonds is 3. The van der Waals surface area contributed by atoms with Crippen LogP contribution < -0.4 is 20.5 Å². The molecule has 3 aromatic rings. The van der Waals surface area contributed by atoms with Gasteiger partial charge in [0.15, 0.2) is 11.5 Å². The van der Waals surface area contributed by atoms with Crippen molar-refractivity contribution in [1.82, 2.24) is 14.8 Å². The van der Waals surface area contributed by atoms with Crippen LogP contribution in [0.5, 0.6) is 11.5 Å². The lowest BCUT2D eigenvalue weighted by atomic mass is 10.2. The van der Waals surface area contributed by atoms with Gasteiger partial charge in [-0.3, -0.25) is 4.79 Å². The Bertz CT molecular complexity index is 923. The average molecular weight is 337 g/mol. The summed E-state index contributed by atoms with van der Waals surface area (Å²) >= 11 is 0. The quantitative estimate of drug-likeness (QED) is 0.754. The smallest absolute Gasteiger partial charge is 0.281 e. The zero-order valence-corrected chi connectivity index (χ0v) is 13.2. The van der Waals surface area contributed by atoms with Crippen molar-refractivity contribution in [2.75, 3.05) is 24.3 Å². The van der Waals surface area contributed by atoms with E-state index in [1.165, 1.54) is 0 Å². The third kappa shape index (κ3) is 2.97. The number of carbonyl (C=O) groups is 1. The molecule has 0 bridgehead atoms. The molecule has 0 radical (unpaired) electrons. The molecule has 0 spiro atoms. The van der Waals surface area contributed by atoms with Crippen LogP contribution in [-0.2, 0) is 0 Å². The van der Waals surface area contributed by atoms with Gasteiger partial charge < -0.3 is 20.5 Å². The van der Waals surface area contributed by atoms with Crippen LogP contribution in [0, 0.1) is 0 Å². The van der Waals surface area contributed by atoms with E-state index in [1.807, 2.05) is 6.07 Å². The van der Waals surface area contributed by atoms with Gasteiger partial charge in [-0.15, -0.1) is 5.10 Å². The molecule has 4 rings (SSSR count). The minimum absolute atomic E-state index is 0.00400. The summed E-state index contributed by atoms with van der Waals surface area (Å²) in [5, 5.41) is 7.03. The van der Waals surface area contributed by atoms with Gasteiger partial charge in [-0.05, 0) is 24.3 Å². The molecule has 0 atom stereocenters. The molecule has 2 aromatic carbocycles. The van der Waals surface area contributed by atoms with Gasteiger partial charge in [0.25, 0.3) is 5.91 Å². The Balaban J connectivity index is 1.64. The first-order chi connectivity index (χ1) is 12.2. The second-order valence-corrected chi connectivity index (χ2v) is 5.36. The molecular weight excluding hydrogens is 322 g/mol. The minimum Gasteiger partial charge on any atom is -0.486 e. The average Bonchev–Trinajstić information content (AvgIpc) is 3.02. The maximum absolute atomic E-state index is 12.6. The van der Waals surface area contributed by atoms with Crippen LogP contribution in [0.25, 0.3) is 0 Å². The number of hydrogen-bond acceptors (Lipinski definition) is 7. The number of ether oxygens (including phenoxy) is 2. The number of fused-ring (bicyclic) bond motifs is 1. The molecule has 0 fully saturated rings. The Morgan fingerprint density at radius 3 is 2.64 bits per heavy atom. The number of nitrogens with one attached hydrogen (secondary N) is 1. The van der Waals surface area contributed by atoms with Crippen LogP contribution in [0.4, 0.5) is 17.6 Å². The fourth-order valence-electron chi connectivity index (χ4n) is 2.50. The van der Waals surface area contributed by atoms with E-state index in [0.717, 1.165) is 4.68 Å². The van der Waals surface area contributed by atoms with Crippen molar-refractivity contribution in [2.45, 2.75) is 0 Å². The summed E-state index contributed by atoms with van der Waals surface area (Å²) in [6, 6.07) is 14.2. The van der Waals surface area contributed by atoms with Crippen LogP contribution in [0.15, 0.2) is 48.5 Å². The van der Waals surface area contributed by atoms with E-state index in [4.69, 9.17) is 15.2 Å². The third-order valence-corrected chi connectivity index (χ3v) is 3.63. The lowest BCUT2D eigenvalue weighted by Gasteiger charge is -2.19. The van der Waals surface area contributed by atoms with E-state index in [9.17, 15) is 4.79 Å². The molecule has 1 aliphatic rings. The molecule has 0 saturated carbocycles. The van der Waals surface area contributed by atoms with Gasteiger partial charge in [-0.2, -0.15) is 9.67 Å². The Labute approximate surface area is 143 Å². The van der Waals surface area contributed by atoms with Crippen molar-refractivity contribution in [3.63, 3.8) is 0 Å². The van der Waals surface area contributed by atoms with Gasteiger partial charge >= 0.3 is 0 Å². The zero-order valence-electron chi connectivity index (χ0n) is 13.2. The van der Waals surface area contributed by atoms with Crippen molar-refractivity contribution >= 4 is 23.5 Å². The molecule has 2 heterocycles. The van der Waals surface area contributed by atoms with Crippen molar-refractivity contribution in [1.29, 1.82) is 0 Å². The predicted octanol–water partition coefficient (Wildman–Crippen LogP) is 2.06. The lowest BCUT2D eigenvalue weighted by molar-refractivity contribution is 0.0948. The number of nitrogens with zero attached hydrogens (tertiary/aromatic N) is 3. The summed E-state index contributed by atoms with van der Waals surface area (Å²) in [6.07, 6.45) is 0.